The number of carbonyl (C=O) groups excluding carboxylic acids is 1. The zero-order valence-corrected chi connectivity index (χ0v) is 12.7. The average Bonchev–Trinajstić information content (AvgIpc) is 2.83. The highest BCUT2D eigenvalue weighted by molar-refractivity contribution is 7.11. The molecule has 0 aliphatic rings. The lowest BCUT2D eigenvalue weighted by Crippen LogP contribution is -2.40. The summed E-state index contributed by atoms with van der Waals surface area (Å²) in [6, 6.07) is 0.362. The van der Waals surface area contributed by atoms with Crippen molar-refractivity contribution >= 4 is 17.2 Å². The van der Waals surface area contributed by atoms with Crippen molar-refractivity contribution in [1.29, 1.82) is 0 Å². The molecule has 1 amide bonds. The second-order valence-corrected chi connectivity index (χ2v) is 5.87. The van der Waals surface area contributed by atoms with Crippen molar-refractivity contribution in [1.82, 2.24) is 15.2 Å². The van der Waals surface area contributed by atoms with Gasteiger partial charge in [0.1, 0.15) is 5.01 Å². The van der Waals surface area contributed by atoms with Gasteiger partial charge in [0.2, 0.25) is 5.91 Å². The maximum absolute atomic E-state index is 11.8. The van der Waals surface area contributed by atoms with Gasteiger partial charge in [-0.15, -0.1) is 11.3 Å². The van der Waals surface area contributed by atoms with Crippen molar-refractivity contribution in [2.45, 2.75) is 46.2 Å². The Hall–Kier alpha value is -0.940. The summed E-state index contributed by atoms with van der Waals surface area (Å²) in [5, 5.41) is 4.28. The minimum Gasteiger partial charge on any atom is -0.342 e. The van der Waals surface area contributed by atoms with E-state index in [9.17, 15) is 4.79 Å². The molecule has 1 rings (SSSR count). The third-order valence-corrected chi connectivity index (χ3v) is 4.34. The van der Waals surface area contributed by atoms with Gasteiger partial charge in [-0.1, -0.05) is 6.92 Å². The van der Waals surface area contributed by atoms with Crippen LogP contribution in [0, 0.1) is 0 Å². The molecule has 1 aromatic heterocycles. The molecule has 1 aromatic rings. The largest absolute Gasteiger partial charge is 0.342 e. The zero-order chi connectivity index (χ0) is 13.7. The van der Waals surface area contributed by atoms with E-state index in [1.807, 2.05) is 34.0 Å². The molecular weight excluding hydrogens is 246 g/mol. The van der Waals surface area contributed by atoms with Gasteiger partial charge in [-0.2, -0.15) is 0 Å². The second kappa shape index (κ2) is 6.85. The summed E-state index contributed by atoms with van der Waals surface area (Å²) in [4.78, 5) is 19.2. The molecule has 102 valence electrons. The highest BCUT2D eigenvalue weighted by Crippen LogP contribution is 2.19. The predicted octanol–water partition coefficient (Wildman–Crippen LogP) is 2.22. The van der Waals surface area contributed by atoms with Crippen LogP contribution < -0.4 is 5.32 Å². The molecular formula is C13H23N3OS. The Labute approximate surface area is 113 Å². The summed E-state index contributed by atoms with van der Waals surface area (Å²) in [5.41, 5.74) is 0. The molecule has 1 N–H and O–H groups in total. The molecule has 1 atom stereocenters. The van der Waals surface area contributed by atoms with Crippen LogP contribution in [-0.2, 0) is 11.2 Å². The van der Waals surface area contributed by atoms with Crippen LogP contribution in [-0.4, -0.2) is 35.4 Å². The number of thiazole rings is 1. The SMILES string of the molecule is CCc1cnc(C(C)NCC(=O)N(C)C(C)C)s1. The number of hydrogen-bond donors (Lipinski definition) is 1. The smallest absolute Gasteiger partial charge is 0.236 e. The summed E-state index contributed by atoms with van der Waals surface area (Å²) in [6.07, 6.45) is 2.93. The normalized spacial score (nSPS) is 12.8. The van der Waals surface area contributed by atoms with Crippen molar-refractivity contribution in [3.63, 3.8) is 0 Å². The van der Waals surface area contributed by atoms with Crippen LogP contribution in [0.1, 0.15) is 43.6 Å². The van der Waals surface area contributed by atoms with Crippen LogP contribution >= 0.6 is 11.3 Å². The quantitative estimate of drug-likeness (QED) is 0.861. The number of aryl methyl sites for hydroxylation is 1. The van der Waals surface area contributed by atoms with Gasteiger partial charge in [-0.05, 0) is 27.2 Å². The van der Waals surface area contributed by atoms with Gasteiger partial charge >= 0.3 is 0 Å². The molecule has 0 fully saturated rings. The first-order valence-electron chi connectivity index (χ1n) is 6.39. The topological polar surface area (TPSA) is 45.2 Å². The molecule has 5 heteroatoms. The molecule has 0 aliphatic heterocycles. The van der Waals surface area contributed by atoms with Gasteiger partial charge in [0.15, 0.2) is 0 Å². The van der Waals surface area contributed by atoms with Crippen LogP contribution in [0.15, 0.2) is 6.20 Å². The monoisotopic (exact) mass is 269 g/mol. The number of rotatable bonds is 6. The highest BCUT2D eigenvalue weighted by atomic mass is 32.1. The average molecular weight is 269 g/mol. The molecule has 1 unspecified atom stereocenters. The minimum absolute atomic E-state index is 0.115. The Balaban J connectivity index is 2.46. The summed E-state index contributed by atoms with van der Waals surface area (Å²) in [5.74, 6) is 0.115. The Kier molecular flexibility index (Phi) is 5.75. The lowest BCUT2D eigenvalue weighted by Gasteiger charge is -2.22. The van der Waals surface area contributed by atoms with Crippen molar-refractivity contribution < 1.29 is 4.79 Å². The molecule has 0 spiro atoms. The van der Waals surface area contributed by atoms with E-state index in [-0.39, 0.29) is 18.0 Å². The lowest BCUT2D eigenvalue weighted by atomic mass is 10.3. The van der Waals surface area contributed by atoms with Gasteiger partial charge in [0.25, 0.3) is 0 Å². The maximum Gasteiger partial charge on any atom is 0.236 e. The molecule has 0 radical (unpaired) electrons. The number of hydrogen-bond acceptors (Lipinski definition) is 4. The van der Waals surface area contributed by atoms with Crippen molar-refractivity contribution in [3.05, 3.63) is 16.1 Å². The summed E-state index contributed by atoms with van der Waals surface area (Å²) < 4.78 is 0. The molecule has 18 heavy (non-hydrogen) atoms. The summed E-state index contributed by atoms with van der Waals surface area (Å²) >= 11 is 1.71. The van der Waals surface area contributed by atoms with Crippen LogP contribution in [0.25, 0.3) is 0 Å². The van der Waals surface area contributed by atoms with E-state index in [1.54, 1.807) is 16.2 Å². The number of nitrogens with one attached hydrogen (secondary N) is 1. The first-order valence-corrected chi connectivity index (χ1v) is 7.21. The fourth-order valence-electron chi connectivity index (χ4n) is 1.43. The maximum atomic E-state index is 11.8. The number of likely N-dealkylation sites (N-methyl/N-ethyl adjacent to an activating group) is 1. The Morgan fingerprint density at radius 2 is 2.17 bits per heavy atom. The molecule has 0 saturated heterocycles. The molecule has 0 aromatic carbocycles. The highest BCUT2D eigenvalue weighted by Gasteiger charge is 2.15. The zero-order valence-electron chi connectivity index (χ0n) is 11.9. The number of nitrogens with zero attached hydrogens (tertiary/aromatic N) is 2. The van der Waals surface area contributed by atoms with E-state index < -0.39 is 0 Å². The van der Waals surface area contributed by atoms with E-state index in [0.717, 1.165) is 11.4 Å². The second-order valence-electron chi connectivity index (χ2n) is 4.72. The van der Waals surface area contributed by atoms with Crippen molar-refractivity contribution in [2.24, 2.45) is 0 Å². The molecule has 0 bridgehead atoms. The van der Waals surface area contributed by atoms with Crippen LogP contribution in [0.3, 0.4) is 0 Å². The fraction of sp³-hybridized carbons (Fsp3) is 0.692. The lowest BCUT2D eigenvalue weighted by molar-refractivity contribution is -0.130. The van der Waals surface area contributed by atoms with Crippen LogP contribution in [0.4, 0.5) is 0 Å². The Morgan fingerprint density at radius 3 is 2.67 bits per heavy atom. The van der Waals surface area contributed by atoms with E-state index in [1.165, 1.54) is 4.88 Å². The van der Waals surface area contributed by atoms with Gasteiger partial charge in [-0.25, -0.2) is 4.98 Å². The Bertz CT molecular complexity index is 389. The number of carbonyl (C=O) groups is 1. The predicted molar refractivity (Wildman–Crippen MR) is 75.8 cm³/mol. The summed E-state index contributed by atoms with van der Waals surface area (Å²) in [6.45, 7) is 8.54. The third kappa shape index (κ3) is 4.07. The minimum atomic E-state index is 0.115. The summed E-state index contributed by atoms with van der Waals surface area (Å²) in [7, 11) is 1.83. The van der Waals surface area contributed by atoms with Gasteiger partial charge in [-0.3, -0.25) is 10.1 Å². The van der Waals surface area contributed by atoms with E-state index in [2.05, 4.69) is 17.2 Å². The fourth-order valence-corrected chi connectivity index (χ4v) is 2.31. The van der Waals surface area contributed by atoms with Gasteiger partial charge in [0.05, 0.1) is 12.6 Å². The number of amides is 1. The molecule has 4 nitrogen and oxygen atoms in total. The molecule has 0 aliphatic carbocycles. The van der Waals surface area contributed by atoms with Gasteiger partial charge in [0, 0.05) is 24.2 Å². The van der Waals surface area contributed by atoms with Crippen LogP contribution in [0.5, 0.6) is 0 Å². The first-order chi connectivity index (χ1) is 8.45. The van der Waals surface area contributed by atoms with E-state index in [4.69, 9.17) is 0 Å². The van der Waals surface area contributed by atoms with E-state index in [0.29, 0.717) is 6.54 Å². The first kappa shape index (κ1) is 15.1. The molecule has 0 saturated carbocycles. The van der Waals surface area contributed by atoms with Crippen LogP contribution in [0.2, 0.25) is 0 Å². The van der Waals surface area contributed by atoms with Gasteiger partial charge < -0.3 is 4.90 Å². The van der Waals surface area contributed by atoms with Crippen molar-refractivity contribution in [2.75, 3.05) is 13.6 Å². The van der Waals surface area contributed by atoms with E-state index >= 15 is 0 Å². The molecule has 1 heterocycles. The standard InChI is InChI=1S/C13H23N3OS/c1-6-11-7-15-13(18-11)10(4)14-8-12(17)16(5)9(2)3/h7,9-10,14H,6,8H2,1-5H3. The Morgan fingerprint density at radius 1 is 1.50 bits per heavy atom. The van der Waals surface area contributed by atoms with Crippen molar-refractivity contribution in [3.8, 4) is 0 Å². The number of aromatic nitrogens is 1. The third-order valence-electron chi connectivity index (χ3n) is 3.02.